The number of carbonyl (C=O) groups excluding carboxylic acids is 2. The normalized spacial score (nSPS) is 10.5. The molecule has 0 aliphatic carbocycles. The van der Waals surface area contributed by atoms with Crippen LogP contribution in [0, 0.1) is 0 Å². The number of nitrogens with one attached hydrogen (secondary N) is 1. The van der Waals surface area contributed by atoms with E-state index in [1.807, 2.05) is 24.3 Å². The van der Waals surface area contributed by atoms with Gasteiger partial charge in [-0.2, -0.15) is 0 Å². The number of hydrogen-bond acceptors (Lipinski definition) is 3. The molecule has 2 aromatic rings. The molecule has 5 heteroatoms. The topological polar surface area (TPSA) is 69.6 Å². The van der Waals surface area contributed by atoms with Crippen LogP contribution in [0.1, 0.15) is 46.0 Å². The van der Waals surface area contributed by atoms with Gasteiger partial charge in [-0.15, -0.1) is 0 Å². The van der Waals surface area contributed by atoms with E-state index in [-0.39, 0.29) is 5.91 Å². The Kier molecular flexibility index (Phi) is 5.13. The van der Waals surface area contributed by atoms with E-state index >= 15 is 0 Å². The third kappa shape index (κ3) is 3.76. The molecule has 5 nitrogen and oxygen atoms in total. The molecule has 0 saturated carbocycles. The number of hydroxylamine groups is 1. The van der Waals surface area contributed by atoms with Gasteiger partial charge >= 0.3 is 0 Å². The number of rotatable bonds is 4. The van der Waals surface area contributed by atoms with Crippen molar-refractivity contribution in [1.82, 2.24) is 5.48 Å². The highest BCUT2D eigenvalue weighted by Crippen LogP contribution is 2.19. The smallest absolute Gasteiger partial charge is 0.274 e. The molecule has 120 valence electrons. The van der Waals surface area contributed by atoms with Crippen molar-refractivity contribution in [2.45, 2.75) is 19.8 Å². The summed E-state index contributed by atoms with van der Waals surface area (Å²) in [6, 6.07) is 14.0. The summed E-state index contributed by atoms with van der Waals surface area (Å²) in [6.45, 7) is 4.21. The van der Waals surface area contributed by atoms with Crippen LogP contribution in [0.4, 0.5) is 5.69 Å². The fourth-order valence-electron chi connectivity index (χ4n) is 2.22. The van der Waals surface area contributed by atoms with E-state index in [1.165, 1.54) is 10.5 Å². The van der Waals surface area contributed by atoms with Crippen molar-refractivity contribution in [2.24, 2.45) is 0 Å². The lowest BCUT2D eigenvalue weighted by atomic mass is 10.0. The van der Waals surface area contributed by atoms with Gasteiger partial charge in [-0.3, -0.25) is 14.8 Å². The standard InChI is InChI=1S/C18H20N2O3/c1-12(2)13-4-6-15(7-5-13)18(22)20(3)16-10-8-14(9-11-16)17(21)19-23/h4-12,23H,1-3H3,(H,19,21). The van der Waals surface area contributed by atoms with Gasteiger partial charge in [0.2, 0.25) is 0 Å². The first-order valence-electron chi connectivity index (χ1n) is 7.36. The Bertz CT molecular complexity index is 691. The fourth-order valence-corrected chi connectivity index (χ4v) is 2.22. The summed E-state index contributed by atoms with van der Waals surface area (Å²) in [6.07, 6.45) is 0. The van der Waals surface area contributed by atoms with Crippen molar-refractivity contribution < 1.29 is 14.8 Å². The molecule has 2 rings (SSSR count). The third-order valence-electron chi connectivity index (χ3n) is 3.75. The molecule has 23 heavy (non-hydrogen) atoms. The number of carbonyl (C=O) groups is 2. The van der Waals surface area contributed by atoms with Crippen molar-refractivity contribution in [1.29, 1.82) is 0 Å². The summed E-state index contributed by atoms with van der Waals surface area (Å²) in [7, 11) is 1.68. The van der Waals surface area contributed by atoms with Crippen LogP contribution in [0.25, 0.3) is 0 Å². The van der Waals surface area contributed by atoms with Crippen molar-refractivity contribution in [3.63, 3.8) is 0 Å². The third-order valence-corrected chi connectivity index (χ3v) is 3.75. The van der Waals surface area contributed by atoms with Crippen molar-refractivity contribution in [3.05, 3.63) is 65.2 Å². The molecule has 0 bridgehead atoms. The molecule has 0 spiro atoms. The maximum absolute atomic E-state index is 12.5. The highest BCUT2D eigenvalue weighted by molar-refractivity contribution is 6.06. The number of hydrogen-bond donors (Lipinski definition) is 2. The molecule has 2 N–H and O–H groups in total. The van der Waals surface area contributed by atoms with Gasteiger partial charge in [-0.05, 0) is 47.9 Å². The molecular weight excluding hydrogens is 292 g/mol. The van der Waals surface area contributed by atoms with Gasteiger partial charge in [-0.1, -0.05) is 26.0 Å². The summed E-state index contributed by atoms with van der Waals surface area (Å²) in [4.78, 5) is 25.3. The molecule has 0 radical (unpaired) electrons. The van der Waals surface area contributed by atoms with E-state index in [9.17, 15) is 9.59 Å². The van der Waals surface area contributed by atoms with Crippen LogP contribution < -0.4 is 10.4 Å². The van der Waals surface area contributed by atoms with E-state index in [0.29, 0.717) is 22.7 Å². The Morgan fingerprint density at radius 1 is 0.957 bits per heavy atom. The molecule has 2 amide bonds. The van der Waals surface area contributed by atoms with Crippen LogP contribution in [0.3, 0.4) is 0 Å². The molecule has 0 saturated heterocycles. The van der Waals surface area contributed by atoms with Crippen molar-refractivity contribution in [3.8, 4) is 0 Å². The molecule has 0 atom stereocenters. The number of anilines is 1. The lowest BCUT2D eigenvalue weighted by molar-refractivity contribution is 0.0706. The Hall–Kier alpha value is -2.66. The lowest BCUT2D eigenvalue weighted by Crippen LogP contribution is -2.26. The zero-order chi connectivity index (χ0) is 17.0. The molecule has 0 aliphatic heterocycles. The monoisotopic (exact) mass is 312 g/mol. The van der Waals surface area contributed by atoms with Gasteiger partial charge in [0.1, 0.15) is 0 Å². The first-order valence-corrected chi connectivity index (χ1v) is 7.36. The van der Waals surface area contributed by atoms with Crippen LogP contribution in [-0.2, 0) is 0 Å². The maximum Gasteiger partial charge on any atom is 0.274 e. The summed E-state index contributed by atoms with van der Waals surface area (Å²) in [5, 5.41) is 8.60. The molecule has 2 aromatic carbocycles. The number of amides is 2. The van der Waals surface area contributed by atoms with E-state index < -0.39 is 5.91 Å². The van der Waals surface area contributed by atoms with Gasteiger partial charge < -0.3 is 4.90 Å². The highest BCUT2D eigenvalue weighted by atomic mass is 16.5. The predicted octanol–water partition coefficient (Wildman–Crippen LogP) is 3.21. The molecule has 0 unspecified atom stereocenters. The van der Waals surface area contributed by atoms with E-state index in [4.69, 9.17) is 5.21 Å². The second-order valence-corrected chi connectivity index (χ2v) is 5.63. The minimum Gasteiger partial charge on any atom is -0.311 e. The Morgan fingerprint density at radius 2 is 1.48 bits per heavy atom. The zero-order valence-electron chi connectivity index (χ0n) is 13.4. The predicted molar refractivity (Wildman–Crippen MR) is 89.0 cm³/mol. The summed E-state index contributed by atoms with van der Waals surface area (Å²) in [5.74, 6) is -0.295. The van der Waals surface area contributed by atoms with Gasteiger partial charge in [0.25, 0.3) is 11.8 Å². The Morgan fingerprint density at radius 3 is 1.96 bits per heavy atom. The largest absolute Gasteiger partial charge is 0.311 e. The summed E-state index contributed by atoms with van der Waals surface area (Å²) >= 11 is 0. The first kappa shape index (κ1) is 16.7. The van der Waals surface area contributed by atoms with E-state index in [0.717, 1.165) is 0 Å². The molecule has 0 aromatic heterocycles. The van der Waals surface area contributed by atoms with Crippen molar-refractivity contribution in [2.75, 3.05) is 11.9 Å². The maximum atomic E-state index is 12.5. The van der Waals surface area contributed by atoms with Gasteiger partial charge in [0.05, 0.1) is 0 Å². The molecular formula is C18H20N2O3. The summed E-state index contributed by atoms with van der Waals surface area (Å²) < 4.78 is 0. The van der Waals surface area contributed by atoms with Crippen LogP contribution in [0.15, 0.2) is 48.5 Å². The van der Waals surface area contributed by atoms with Crippen LogP contribution in [0.5, 0.6) is 0 Å². The van der Waals surface area contributed by atoms with Gasteiger partial charge in [-0.25, -0.2) is 5.48 Å². The van der Waals surface area contributed by atoms with Crippen LogP contribution >= 0.6 is 0 Å². The highest BCUT2D eigenvalue weighted by Gasteiger charge is 2.14. The summed E-state index contributed by atoms with van der Waals surface area (Å²) in [5.41, 5.74) is 4.35. The molecule has 0 aliphatic rings. The quantitative estimate of drug-likeness (QED) is 0.673. The Labute approximate surface area is 135 Å². The fraction of sp³-hybridized carbons (Fsp3) is 0.222. The SMILES string of the molecule is CC(C)c1ccc(C(=O)N(C)c2ccc(C(=O)NO)cc2)cc1. The Balaban J connectivity index is 2.17. The van der Waals surface area contributed by atoms with Gasteiger partial charge in [0.15, 0.2) is 0 Å². The number of nitrogens with zero attached hydrogens (tertiary/aromatic N) is 1. The first-order chi connectivity index (χ1) is 10.9. The average Bonchev–Trinajstić information content (AvgIpc) is 2.60. The minimum absolute atomic E-state index is 0.125. The zero-order valence-corrected chi connectivity index (χ0v) is 13.4. The van der Waals surface area contributed by atoms with Crippen LogP contribution in [0.2, 0.25) is 0 Å². The molecule has 0 fully saturated rings. The van der Waals surface area contributed by atoms with E-state index in [1.54, 1.807) is 36.8 Å². The lowest BCUT2D eigenvalue weighted by Gasteiger charge is -2.18. The van der Waals surface area contributed by atoms with E-state index in [2.05, 4.69) is 13.8 Å². The van der Waals surface area contributed by atoms with Crippen LogP contribution in [-0.4, -0.2) is 24.1 Å². The van der Waals surface area contributed by atoms with Gasteiger partial charge in [0, 0.05) is 23.9 Å². The number of benzene rings is 2. The average molecular weight is 312 g/mol. The second-order valence-electron chi connectivity index (χ2n) is 5.63. The molecule has 0 heterocycles. The van der Waals surface area contributed by atoms with Crippen molar-refractivity contribution >= 4 is 17.5 Å². The second kappa shape index (κ2) is 7.07. The minimum atomic E-state index is -0.588.